The van der Waals surface area contributed by atoms with Crippen LogP contribution in [0.5, 0.6) is 0 Å². The minimum atomic E-state index is -0.527. The SMILES string of the molecule is CCN(CC)CCCn1c(SC(C)C(=O)Nc2cccc(F)c2)nc2ccccc2c1=O. The van der Waals surface area contributed by atoms with E-state index >= 15 is 0 Å². The molecule has 2 aromatic carbocycles. The van der Waals surface area contributed by atoms with Gasteiger partial charge >= 0.3 is 0 Å². The fourth-order valence-corrected chi connectivity index (χ4v) is 4.38. The molecule has 0 bridgehead atoms. The molecule has 1 atom stereocenters. The van der Waals surface area contributed by atoms with E-state index in [0.717, 1.165) is 26.1 Å². The summed E-state index contributed by atoms with van der Waals surface area (Å²) >= 11 is 1.23. The van der Waals surface area contributed by atoms with Gasteiger partial charge in [0.15, 0.2) is 5.16 Å². The van der Waals surface area contributed by atoms with Crippen molar-refractivity contribution in [2.45, 2.75) is 44.1 Å². The lowest BCUT2D eigenvalue weighted by Gasteiger charge is -2.20. The molecule has 6 nitrogen and oxygen atoms in total. The van der Waals surface area contributed by atoms with Gasteiger partial charge in [-0.25, -0.2) is 9.37 Å². The predicted molar refractivity (Wildman–Crippen MR) is 129 cm³/mol. The van der Waals surface area contributed by atoms with Gasteiger partial charge in [-0.2, -0.15) is 0 Å². The lowest BCUT2D eigenvalue weighted by atomic mass is 10.2. The van der Waals surface area contributed by atoms with Gasteiger partial charge in [-0.1, -0.05) is 43.8 Å². The Morgan fingerprint density at radius 1 is 1.19 bits per heavy atom. The number of anilines is 1. The average molecular weight is 457 g/mol. The number of nitrogens with zero attached hydrogens (tertiary/aromatic N) is 3. The number of hydrogen-bond donors (Lipinski definition) is 1. The van der Waals surface area contributed by atoms with Gasteiger partial charge in [-0.15, -0.1) is 0 Å². The number of thioether (sulfide) groups is 1. The van der Waals surface area contributed by atoms with Gasteiger partial charge < -0.3 is 10.2 Å². The Kier molecular flexibility index (Phi) is 8.41. The number of fused-ring (bicyclic) bond motifs is 1. The molecular weight excluding hydrogens is 427 g/mol. The van der Waals surface area contributed by atoms with Crippen LogP contribution < -0.4 is 10.9 Å². The third kappa shape index (κ3) is 5.95. The van der Waals surface area contributed by atoms with Crippen molar-refractivity contribution < 1.29 is 9.18 Å². The number of carbonyl (C=O) groups excluding carboxylic acids is 1. The molecule has 1 aromatic heterocycles. The number of halogens is 1. The molecule has 0 radical (unpaired) electrons. The second-order valence-electron chi connectivity index (χ2n) is 7.51. The molecule has 1 amide bonds. The summed E-state index contributed by atoms with van der Waals surface area (Å²) in [6.07, 6.45) is 0.805. The van der Waals surface area contributed by atoms with Gasteiger partial charge in [0, 0.05) is 12.2 Å². The van der Waals surface area contributed by atoms with Crippen molar-refractivity contribution in [2.75, 3.05) is 25.0 Å². The van der Waals surface area contributed by atoms with Crippen LogP contribution >= 0.6 is 11.8 Å². The van der Waals surface area contributed by atoms with Crippen molar-refractivity contribution in [1.29, 1.82) is 0 Å². The van der Waals surface area contributed by atoms with Crippen molar-refractivity contribution >= 4 is 34.3 Å². The van der Waals surface area contributed by atoms with Gasteiger partial charge in [-0.05, 0) is 63.3 Å². The molecule has 32 heavy (non-hydrogen) atoms. The van der Waals surface area contributed by atoms with E-state index in [9.17, 15) is 14.0 Å². The molecule has 0 saturated carbocycles. The molecule has 0 fully saturated rings. The van der Waals surface area contributed by atoms with Crippen LogP contribution in [0.2, 0.25) is 0 Å². The Hall–Kier alpha value is -2.71. The first-order valence-electron chi connectivity index (χ1n) is 10.9. The fourth-order valence-electron chi connectivity index (χ4n) is 3.45. The molecule has 1 unspecified atom stereocenters. The van der Waals surface area contributed by atoms with Crippen molar-refractivity contribution in [1.82, 2.24) is 14.5 Å². The van der Waals surface area contributed by atoms with Crippen molar-refractivity contribution in [3.8, 4) is 0 Å². The van der Waals surface area contributed by atoms with Crippen molar-refractivity contribution in [3.63, 3.8) is 0 Å². The summed E-state index contributed by atoms with van der Waals surface area (Å²) in [5, 5.41) is 3.27. The summed E-state index contributed by atoms with van der Waals surface area (Å²) in [6.45, 7) is 9.31. The lowest BCUT2D eigenvalue weighted by Crippen LogP contribution is -2.29. The smallest absolute Gasteiger partial charge is 0.262 e. The van der Waals surface area contributed by atoms with Crippen molar-refractivity contribution in [3.05, 3.63) is 64.7 Å². The molecule has 3 rings (SSSR count). The number of aromatic nitrogens is 2. The average Bonchev–Trinajstić information content (AvgIpc) is 2.78. The molecule has 0 spiro atoms. The summed E-state index contributed by atoms with van der Waals surface area (Å²) in [6, 6.07) is 13.0. The van der Waals surface area contributed by atoms with E-state index in [1.165, 1.54) is 23.9 Å². The molecule has 0 aliphatic carbocycles. The maximum atomic E-state index is 13.4. The number of amides is 1. The molecular formula is C24H29FN4O2S. The summed E-state index contributed by atoms with van der Waals surface area (Å²) in [5.74, 6) is -0.695. The Morgan fingerprint density at radius 3 is 2.66 bits per heavy atom. The van der Waals surface area contributed by atoms with E-state index < -0.39 is 11.1 Å². The Morgan fingerprint density at radius 2 is 1.94 bits per heavy atom. The zero-order chi connectivity index (χ0) is 23.1. The largest absolute Gasteiger partial charge is 0.325 e. The van der Waals surface area contributed by atoms with E-state index in [-0.39, 0.29) is 11.5 Å². The Balaban J connectivity index is 1.83. The van der Waals surface area contributed by atoms with Crippen LogP contribution in [0.3, 0.4) is 0 Å². The van der Waals surface area contributed by atoms with Crippen LogP contribution in [0.25, 0.3) is 10.9 Å². The fraction of sp³-hybridized carbons (Fsp3) is 0.375. The second-order valence-corrected chi connectivity index (χ2v) is 8.82. The van der Waals surface area contributed by atoms with E-state index in [1.807, 2.05) is 12.1 Å². The third-order valence-electron chi connectivity index (χ3n) is 5.32. The van der Waals surface area contributed by atoms with E-state index in [2.05, 4.69) is 29.0 Å². The van der Waals surface area contributed by atoms with Crippen molar-refractivity contribution in [2.24, 2.45) is 0 Å². The normalized spacial score (nSPS) is 12.3. The number of rotatable bonds is 10. The highest BCUT2D eigenvalue weighted by molar-refractivity contribution is 8.00. The highest BCUT2D eigenvalue weighted by Crippen LogP contribution is 2.24. The quantitative estimate of drug-likeness (QED) is 0.362. The first-order valence-corrected chi connectivity index (χ1v) is 11.8. The Labute approximate surface area is 191 Å². The van der Waals surface area contributed by atoms with Crippen LogP contribution in [-0.2, 0) is 11.3 Å². The number of hydrogen-bond acceptors (Lipinski definition) is 5. The number of nitrogens with one attached hydrogen (secondary N) is 1. The van der Waals surface area contributed by atoms with Crippen LogP contribution in [0, 0.1) is 5.82 Å². The lowest BCUT2D eigenvalue weighted by molar-refractivity contribution is -0.115. The summed E-state index contributed by atoms with van der Waals surface area (Å²) < 4.78 is 15.1. The summed E-state index contributed by atoms with van der Waals surface area (Å²) in [4.78, 5) is 32.9. The van der Waals surface area contributed by atoms with Crippen LogP contribution in [0.1, 0.15) is 27.2 Å². The maximum Gasteiger partial charge on any atom is 0.262 e. The minimum absolute atomic E-state index is 0.101. The van der Waals surface area contributed by atoms with Crippen LogP contribution in [0.4, 0.5) is 10.1 Å². The van der Waals surface area contributed by atoms with Gasteiger partial charge in [0.2, 0.25) is 5.91 Å². The molecule has 1 heterocycles. The number of para-hydroxylation sites is 1. The molecule has 0 saturated heterocycles. The molecule has 3 aromatic rings. The van der Waals surface area contributed by atoms with E-state index in [0.29, 0.717) is 28.3 Å². The zero-order valence-corrected chi connectivity index (χ0v) is 19.5. The van der Waals surface area contributed by atoms with Gasteiger partial charge in [0.05, 0.1) is 16.2 Å². The molecule has 0 aliphatic rings. The standard InChI is InChI=1S/C24H29FN4O2S/c1-4-28(5-2)14-9-15-29-23(31)20-12-6-7-13-21(20)27-24(29)32-17(3)22(30)26-19-11-8-10-18(25)16-19/h6-8,10-13,16-17H,4-5,9,14-15H2,1-3H3,(H,26,30). The Bertz CT molecular complexity index is 1130. The van der Waals surface area contributed by atoms with Crippen LogP contribution in [0.15, 0.2) is 58.5 Å². The minimum Gasteiger partial charge on any atom is -0.325 e. The molecule has 170 valence electrons. The third-order valence-corrected chi connectivity index (χ3v) is 6.41. The summed E-state index contributed by atoms with van der Waals surface area (Å²) in [5.41, 5.74) is 0.902. The van der Waals surface area contributed by atoms with Gasteiger partial charge in [0.1, 0.15) is 5.82 Å². The first-order chi connectivity index (χ1) is 15.4. The van der Waals surface area contributed by atoms with E-state index in [1.54, 1.807) is 35.8 Å². The molecule has 8 heteroatoms. The second kappa shape index (κ2) is 11.2. The topological polar surface area (TPSA) is 67.2 Å². The zero-order valence-electron chi connectivity index (χ0n) is 18.7. The van der Waals surface area contributed by atoms with Gasteiger partial charge in [-0.3, -0.25) is 14.2 Å². The van der Waals surface area contributed by atoms with Crippen LogP contribution in [-0.4, -0.2) is 45.2 Å². The number of benzene rings is 2. The van der Waals surface area contributed by atoms with E-state index in [4.69, 9.17) is 0 Å². The monoisotopic (exact) mass is 456 g/mol. The first kappa shape index (κ1) is 23.9. The number of carbonyl (C=O) groups is 1. The highest BCUT2D eigenvalue weighted by atomic mass is 32.2. The summed E-state index contributed by atoms with van der Waals surface area (Å²) in [7, 11) is 0. The predicted octanol–water partition coefficient (Wildman–Crippen LogP) is 4.39. The molecule has 0 aliphatic heterocycles. The van der Waals surface area contributed by atoms with Gasteiger partial charge in [0.25, 0.3) is 5.56 Å². The molecule has 1 N–H and O–H groups in total. The highest BCUT2D eigenvalue weighted by Gasteiger charge is 2.20. The maximum absolute atomic E-state index is 13.4.